The lowest BCUT2D eigenvalue weighted by molar-refractivity contribution is 0.405. The number of ether oxygens (including phenoxy) is 2. The minimum absolute atomic E-state index is 0.379. The van der Waals surface area contributed by atoms with Crippen LogP contribution in [0, 0.1) is 0 Å². The SMILES string of the molecule is CCc1nc(Cl)cc(Nc2cc(OC)c(Cl)cc2OC)n1. The summed E-state index contributed by atoms with van der Waals surface area (Å²) in [5, 5.41) is 3.99. The standard InChI is InChI=1S/C14H15Cl2N3O2/c1-4-13-18-12(16)7-14(19-13)17-9-6-10(20-2)8(15)5-11(9)21-3/h5-7H,4H2,1-3H3,(H,17,18,19). The van der Waals surface area contributed by atoms with Crippen molar-refractivity contribution in [3.63, 3.8) is 0 Å². The molecule has 0 saturated carbocycles. The van der Waals surface area contributed by atoms with Crippen LogP contribution in [0.15, 0.2) is 18.2 Å². The van der Waals surface area contributed by atoms with Crippen molar-refractivity contribution in [2.24, 2.45) is 0 Å². The summed E-state index contributed by atoms with van der Waals surface area (Å²) in [6.07, 6.45) is 0.691. The van der Waals surface area contributed by atoms with E-state index in [-0.39, 0.29) is 0 Å². The van der Waals surface area contributed by atoms with Gasteiger partial charge in [-0.15, -0.1) is 0 Å². The van der Waals surface area contributed by atoms with Crippen molar-refractivity contribution in [2.45, 2.75) is 13.3 Å². The van der Waals surface area contributed by atoms with Gasteiger partial charge in [0.15, 0.2) is 0 Å². The largest absolute Gasteiger partial charge is 0.495 e. The number of rotatable bonds is 5. The molecule has 0 aliphatic carbocycles. The lowest BCUT2D eigenvalue weighted by Gasteiger charge is -2.14. The van der Waals surface area contributed by atoms with Crippen LogP contribution in [0.4, 0.5) is 11.5 Å². The Morgan fingerprint density at radius 2 is 1.76 bits per heavy atom. The highest BCUT2D eigenvalue weighted by atomic mass is 35.5. The topological polar surface area (TPSA) is 56.3 Å². The predicted octanol–water partition coefficient (Wildman–Crippen LogP) is 4.11. The Morgan fingerprint density at radius 1 is 1.05 bits per heavy atom. The van der Waals surface area contributed by atoms with Crippen molar-refractivity contribution in [1.82, 2.24) is 9.97 Å². The number of halogens is 2. The second-order valence-electron chi connectivity index (χ2n) is 4.16. The lowest BCUT2D eigenvalue weighted by atomic mass is 10.2. The molecule has 7 heteroatoms. The monoisotopic (exact) mass is 327 g/mol. The summed E-state index contributed by atoms with van der Waals surface area (Å²) < 4.78 is 10.5. The first-order valence-electron chi connectivity index (χ1n) is 6.29. The van der Waals surface area contributed by atoms with E-state index in [9.17, 15) is 0 Å². The summed E-state index contributed by atoms with van der Waals surface area (Å²) in [5.41, 5.74) is 0.676. The average molecular weight is 328 g/mol. The van der Waals surface area contributed by atoms with Gasteiger partial charge in [0, 0.05) is 24.6 Å². The van der Waals surface area contributed by atoms with Crippen molar-refractivity contribution in [3.05, 3.63) is 34.2 Å². The fourth-order valence-corrected chi connectivity index (χ4v) is 2.21. The first kappa shape index (κ1) is 15.7. The fourth-order valence-electron chi connectivity index (χ4n) is 1.78. The van der Waals surface area contributed by atoms with E-state index in [2.05, 4.69) is 15.3 Å². The van der Waals surface area contributed by atoms with Gasteiger partial charge in [-0.3, -0.25) is 0 Å². The normalized spacial score (nSPS) is 10.3. The van der Waals surface area contributed by atoms with Crippen molar-refractivity contribution in [3.8, 4) is 11.5 Å². The summed E-state index contributed by atoms with van der Waals surface area (Å²) in [6, 6.07) is 5.05. The first-order valence-corrected chi connectivity index (χ1v) is 7.05. The molecule has 0 saturated heterocycles. The summed E-state index contributed by atoms with van der Waals surface area (Å²) in [7, 11) is 3.11. The Labute approximate surface area is 133 Å². The first-order chi connectivity index (χ1) is 10.1. The van der Waals surface area contributed by atoms with E-state index in [0.29, 0.717) is 45.4 Å². The van der Waals surface area contributed by atoms with Gasteiger partial charge in [-0.05, 0) is 0 Å². The molecule has 0 aliphatic heterocycles. The zero-order valence-corrected chi connectivity index (χ0v) is 13.4. The van der Waals surface area contributed by atoms with Crippen molar-refractivity contribution in [1.29, 1.82) is 0 Å². The zero-order chi connectivity index (χ0) is 15.4. The molecular formula is C14H15Cl2N3O2. The van der Waals surface area contributed by atoms with E-state index >= 15 is 0 Å². The van der Waals surface area contributed by atoms with Gasteiger partial charge in [0.1, 0.15) is 28.3 Å². The minimum Gasteiger partial charge on any atom is -0.495 e. The number of hydrogen-bond acceptors (Lipinski definition) is 5. The molecule has 2 aromatic rings. The van der Waals surface area contributed by atoms with Crippen molar-refractivity contribution < 1.29 is 9.47 Å². The number of hydrogen-bond donors (Lipinski definition) is 1. The molecule has 2 rings (SSSR count). The van der Waals surface area contributed by atoms with E-state index in [1.165, 1.54) is 0 Å². The Balaban J connectivity index is 2.40. The number of nitrogens with one attached hydrogen (secondary N) is 1. The highest BCUT2D eigenvalue weighted by molar-refractivity contribution is 6.32. The van der Waals surface area contributed by atoms with Gasteiger partial charge in [-0.25, -0.2) is 9.97 Å². The third kappa shape index (κ3) is 3.68. The second kappa shape index (κ2) is 6.83. The number of benzene rings is 1. The number of nitrogens with zero attached hydrogens (tertiary/aromatic N) is 2. The van der Waals surface area contributed by atoms with Gasteiger partial charge in [0.05, 0.1) is 24.9 Å². The van der Waals surface area contributed by atoms with Crippen LogP contribution in [0.5, 0.6) is 11.5 Å². The van der Waals surface area contributed by atoms with Crippen LogP contribution in [-0.2, 0) is 6.42 Å². The number of aryl methyl sites for hydroxylation is 1. The number of aromatic nitrogens is 2. The summed E-state index contributed by atoms with van der Waals surface area (Å²) in [4.78, 5) is 8.49. The molecule has 1 heterocycles. The molecular weight excluding hydrogens is 313 g/mol. The van der Waals surface area contributed by atoms with E-state index in [1.807, 2.05) is 6.92 Å². The maximum Gasteiger partial charge on any atom is 0.144 e. The highest BCUT2D eigenvalue weighted by Crippen LogP contribution is 2.37. The Morgan fingerprint density at radius 3 is 2.38 bits per heavy atom. The average Bonchev–Trinajstić information content (AvgIpc) is 2.47. The van der Waals surface area contributed by atoms with Crippen LogP contribution in [0.25, 0.3) is 0 Å². The molecule has 1 aromatic carbocycles. The van der Waals surface area contributed by atoms with Crippen molar-refractivity contribution >= 4 is 34.7 Å². The van der Waals surface area contributed by atoms with Gasteiger partial charge in [-0.2, -0.15) is 0 Å². The number of methoxy groups -OCH3 is 2. The lowest BCUT2D eigenvalue weighted by Crippen LogP contribution is -2.01. The molecule has 5 nitrogen and oxygen atoms in total. The molecule has 1 N–H and O–H groups in total. The molecule has 0 amide bonds. The van der Waals surface area contributed by atoms with E-state index in [1.54, 1.807) is 32.4 Å². The molecule has 112 valence electrons. The van der Waals surface area contributed by atoms with Gasteiger partial charge < -0.3 is 14.8 Å². The summed E-state index contributed by atoms with van der Waals surface area (Å²) in [5.74, 6) is 2.35. The fraction of sp³-hybridized carbons (Fsp3) is 0.286. The van der Waals surface area contributed by atoms with Crippen LogP contribution >= 0.6 is 23.2 Å². The van der Waals surface area contributed by atoms with Gasteiger partial charge in [-0.1, -0.05) is 30.1 Å². The molecule has 0 bridgehead atoms. The van der Waals surface area contributed by atoms with Crippen LogP contribution in [0.1, 0.15) is 12.7 Å². The molecule has 0 aliphatic rings. The van der Waals surface area contributed by atoms with Gasteiger partial charge in [0.25, 0.3) is 0 Å². The van der Waals surface area contributed by atoms with Gasteiger partial charge in [0.2, 0.25) is 0 Å². The van der Waals surface area contributed by atoms with Crippen molar-refractivity contribution in [2.75, 3.05) is 19.5 Å². The zero-order valence-electron chi connectivity index (χ0n) is 11.9. The van der Waals surface area contributed by atoms with E-state index in [0.717, 1.165) is 0 Å². The summed E-state index contributed by atoms with van der Waals surface area (Å²) >= 11 is 12.1. The summed E-state index contributed by atoms with van der Waals surface area (Å²) in [6.45, 7) is 1.96. The maximum absolute atomic E-state index is 6.08. The third-order valence-electron chi connectivity index (χ3n) is 2.79. The van der Waals surface area contributed by atoms with Crippen LogP contribution < -0.4 is 14.8 Å². The Kier molecular flexibility index (Phi) is 5.09. The molecule has 0 fully saturated rings. The van der Waals surface area contributed by atoms with Crippen LogP contribution in [0.2, 0.25) is 10.2 Å². The Hall–Kier alpha value is -1.72. The van der Waals surface area contributed by atoms with Gasteiger partial charge >= 0.3 is 0 Å². The molecule has 0 atom stereocenters. The molecule has 0 unspecified atom stereocenters. The second-order valence-corrected chi connectivity index (χ2v) is 4.95. The van der Waals surface area contributed by atoms with E-state index in [4.69, 9.17) is 32.7 Å². The minimum atomic E-state index is 0.379. The van der Waals surface area contributed by atoms with Crippen LogP contribution in [0.3, 0.4) is 0 Å². The Bertz CT molecular complexity index is 650. The smallest absolute Gasteiger partial charge is 0.144 e. The highest BCUT2D eigenvalue weighted by Gasteiger charge is 2.11. The maximum atomic E-state index is 6.08. The quantitative estimate of drug-likeness (QED) is 0.837. The predicted molar refractivity (Wildman–Crippen MR) is 84.3 cm³/mol. The third-order valence-corrected chi connectivity index (χ3v) is 3.28. The number of anilines is 2. The molecule has 0 spiro atoms. The van der Waals surface area contributed by atoms with E-state index < -0.39 is 0 Å². The molecule has 0 radical (unpaired) electrons. The molecule has 21 heavy (non-hydrogen) atoms. The van der Waals surface area contributed by atoms with Crippen LogP contribution in [-0.4, -0.2) is 24.2 Å². The molecule has 1 aromatic heterocycles.